The standard InChI is InChI=1S/C13H15N3O3S/c1-4-11(17)14-13-15-12(16-20-13)8-5-6-9(18-2)10(7-8)19-3/h5-7H,4H2,1-3H3,(H,14,15,16,17). The van der Waals surface area contributed by atoms with Gasteiger partial charge in [0.15, 0.2) is 17.3 Å². The van der Waals surface area contributed by atoms with Gasteiger partial charge in [0.1, 0.15) is 0 Å². The van der Waals surface area contributed by atoms with Gasteiger partial charge in [-0.05, 0) is 18.2 Å². The smallest absolute Gasteiger partial charge is 0.225 e. The van der Waals surface area contributed by atoms with Crippen LogP contribution in [-0.2, 0) is 4.79 Å². The van der Waals surface area contributed by atoms with Gasteiger partial charge in [0.25, 0.3) is 0 Å². The molecule has 2 aromatic rings. The van der Waals surface area contributed by atoms with Crippen LogP contribution in [0.25, 0.3) is 11.4 Å². The van der Waals surface area contributed by atoms with Crippen LogP contribution in [0, 0.1) is 0 Å². The summed E-state index contributed by atoms with van der Waals surface area (Å²) in [6.45, 7) is 1.78. The summed E-state index contributed by atoms with van der Waals surface area (Å²) >= 11 is 1.15. The lowest BCUT2D eigenvalue weighted by atomic mass is 10.2. The maximum absolute atomic E-state index is 11.3. The molecule has 0 bridgehead atoms. The number of carbonyl (C=O) groups is 1. The zero-order valence-electron chi connectivity index (χ0n) is 11.5. The molecule has 0 atom stereocenters. The summed E-state index contributed by atoms with van der Waals surface area (Å²) in [5, 5.41) is 3.17. The van der Waals surface area contributed by atoms with E-state index < -0.39 is 0 Å². The summed E-state index contributed by atoms with van der Waals surface area (Å²) in [5.74, 6) is 1.72. The fourth-order valence-corrected chi connectivity index (χ4v) is 2.18. The van der Waals surface area contributed by atoms with E-state index in [1.807, 2.05) is 6.07 Å². The molecule has 6 nitrogen and oxygen atoms in total. The van der Waals surface area contributed by atoms with Crippen LogP contribution < -0.4 is 14.8 Å². The van der Waals surface area contributed by atoms with E-state index in [1.165, 1.54) is 0 Å². The Bertz CT molecular complexity index is 613. The normalized spacial score (nSPS) is 10.2. The molecule has 7 heteroatoms. The first kappa shape index (κ1) is 14.3. The summed E-state index contributed by atoms with van der Waals surface area (Å²) in [6, 6.07) is 5.43. The van der Waals surface area contributed by atoms with E-state index in [0.29, 0.717) is 28.9 Å². The molecule has 0 aliphatic heterocycles. The van der Waals surface area contributed by atoms with Crippen molar-refractivity contribution in [2.75, 3.05) is 19.5 Å². The molecule has 1 N–H and O–H groups in total. The summed E-state index contributed by atoms with van der Waals surface area (Å²) in [7, 11) is 3.15. The molecule has 0 unspecified atom stereocenters. The minimum atomic E-state index is -0.0833. The van der Waals surface area contributed by atoms with Crippen molar-refractivity contribution >= 4 is 22.6 Å². The van der Waals surface area contributed by atoms with Crippen molar-refractivity contribution in [1.82, 2.24) is 9.36 Å². The molecule has 1 aromatic carbocycles. The van der Waals surface area contributed by atoms with Gasteiger partial charge in [-0.15, -0.1) is 0 Å². The van der Waals surface area contributed by atoms with Crippen LogP contribution in [-0.4, -0.2) is 29.5 Å². The van der Waals surface area contributed by atoms with Crippen molar-refractivity contribution in [1.29, 1.82) is 0 Å². The third kappa shape index (κ3) is 3.05. The molecule has 0 spiro atoms. The lowest BCUT2D eigenvalue weighted by molar-refractivity contribution is -0.115. The number of carbonyl (C=O) groups excluding carboxylic acids is 1. The van der Waals surface area contributed by atoms with Crippen molar-refractivity contribution in [2.24, 2.45) is 0 Å². The van der Waals surface area contributed by atoms with Crippen LogP contribution in [0.1, 0.15) is 13.3 Å². The Morgan fingerprint density at radius 1 is 1.30 bits per heavy atom. The molecule has 0 aliphatic carbocycles. The van der Waals surface area contributed by atoms with Crippen LogP contribution in [0.5, 0.6) is 11.5 Å². The lowest BCUT2D eigenvalue weighted by Gasteiger charge is -2.07. The first-order chi connectivity index (χ1) is 9.67. The Kier molecular flexibility index (Phi) is 4.52. The molecule has 1 amide bonds. The third-order valence-electron chi connectivity index (χ3n) is 2.64. The van der Waals surface area contributed by atoms with E-state index in [0.717, 1.165) is 17.1 Å². The zero-order valence-corrected chi connectivity index (χ0v) is 12.3. The highest BCUT2D eigenvalue weighted by Crippen LogP contribution is 2.32. The largest absolute Gasteiger partial charge is 0.493 e. The number of anilines is 1. The molecule has 2 rings (SSSR count). The van der Waals surface area contributed by atoms with Gasteiger partial charge < -0.3 is 14.8 Å². The first-order valence-corrected chi connectivity index (χ1v) is 6.81. The number of hydrogen-bond donors (Lipinski definition) is 1. The number of benzene rings is 1. The Hall–Kier alpha value is -2.15. The molecule has 106 valence electrons. The Morgan fingerprint density at radius 2 is 2.05 bits per heavy atom. The second-order valence-corrected chi connectivity index (χ2v) is 4.65. The van der Waals surface area contributed by atoms with E-state index in [4.69, 9.17) is 9.47 Å². The molecular formula is C13H15N3O3S. The summed E-state index contributed by atoms with van der Waals surface area (Å²) < 4.78 is 14.6. The van der Waals surface area contributed by atoms with Crippen LogP contribution in [0.15, 0.2) is 18.2 Å². The average Bonchev–Trinajstić information content (AvgIpc) is 2.94. The van der Waals surface area contributed by atoms with Gasteiger partial charge in [-0.3, -0.25) is 4.79 Å². The highest BCUT2D eigenvalue weighted by Gasteiger charge is 2.11. The van der Waals surface area contributed by atoms with E-state index in [2.05, 4.69) is 14.7 Å². The number of nitrogens with zero attached hydrogens (tertiary/aromatic N) is 2. The number of ether oxygens (including phenoxy) is 2. The molecule has 20 heavy (non-hydrogen) atoms. The van der Waals surface area contributed by atoms with Crippen molar-refractivity contribution in [3.63, 3.8) is 0 Å². The van der Waals surface area contributed by atoms with Crippen molar-refractivity contribution in [3.8, 4) is 22.9 Å². The SMILES string of the molecule is CCC(=O)Nc1nc(-c2ccc(OC)c(OC)c2)ns1. The zero-order chi connectivity index (χ0) is 14.5. The van der Waals surface area contributed by atoms with Crippen LogP contribution in [0.4, 0.5) is 5.13 Å². The second kappa shape index (κ2) is 6.33. The van der Waals surface area contributed by atoms with Gasteiger partial charge in [0.2, 0.25) is 11.0 Å². The predicted octanol–water partition coefficient (Wildman–Crippen LogP) is 2.57. The summed E-state index contributed by atoms with van der Waals surface area (Å²) in [6.07, 6.45) is 0.408. The average molecular weight is 293 g/mol. The van der Waals surface area contributed by atoms with Crippen molar-refractivity contribution < 1.29 is 14.3 Å². The summed E-state index contributed by atoms with van der Waals surface area (Å²) in [4.78, 5) is 15.6. The van der Waals surface area contributed by atoms with Crippen LogP contribution >= 0.6 is 11.5 Å². The van der Waals surface area contributed by atoms with Crippen molar-refractivity contribution in [3.05, 3.63) is 18.2 Å². The van der Waals surface area contributed by atoms with E-state index in [-0.39, 0.29) is 5.91 Å². The van der Waals surface area contributed by atoms with Gasteiger partial charge in [-0.25, -0.2) is 0 Å². The van der Waals surface area contributed by atoms with Crippen LogP contribution in [0.3, 0.4) is 0 Å². The topological polar surface area (TPSA) is 73.3 Å². The molecule has 0 saturated carbocycles. The number of hydrogen-bond acceptors (Lipinski definition) is 6. The van der Waals surface area contributed by atoms with Crippen LogP contribution in [0.2, 0.25) is 0 Å². The Morgan fingerprint density at radius 3 is 2.70 bits per heavy atom. The maximum Gasteiger partial charge on any atom is 0.225 e. The molecule has 0 fully saturated rings. The van der Waals surface area contributed by atoms with Gasteiger partial charge in [0.05, 0.1) is 14.2 Å². The number of methoxy groups -OCH3 is 2. The molecule has 1 heterocycles. The number of amides is 1. The minimum Gasteiger partial charge on any atom is -0.493 e. The minimum absolute atomic E-state index is 0.0833. The predicted molar refractivity (Wildman–Crippen MR) is 77.4 cm³/mol. The van der Waals surface area contributed by atoms with E-state index in [1.54, 1.807) is 33.3 Å². The molecule has 0 aliphatic rings. The number of rotatable bonds is 5. The maximum atomic E-state index is 11.3. The summed E-state index contributed by atoms with van der Waals surface area (Å²) in [5.41, 5.74) is 0.802. The molecule has 0 radical (unpaired) electrons. The number of aromatic nitrogens is 2. The Labute approximate surface area is 120 Å². The molecule has 0 saturated heterocycles. The number of nitrogens with one attached hydrogen (secondary N) is 1. The second-order valence-electron chi connectivity index (χ2n) is 3.89. The highest BCUT2D eigenvalue weighted by atomic mass is 32.1. The van der Waals surface area contributed by atoms with Gasteiger partial charge in [-0.1, -0.05) is 6.92 Å². The van der Waals surface area contributed by atoms with E-state index >= 15 is 0 Å². The van der Waals surface area contributed by atoms with E-state index in [9.17, 15) is 4.79 Å². The fraction of sp³-hybridized carbons (Fsp3) is 0.308. The third-order valence-corrected chi connectivity index (χ3v) is 3.27. The molecular weight excluding hydrogens is 278 g/mol. The monoisotopic (exact) mass is 293 g/mol. The highest BCUT2D eigenvalue weighted by molar-refractivity contribution is 7.10. The van der Waals surface area contributed by atoms with Crippen molar-refractivity contribution in [2.45, 2.75) is 13.3 Å². The molecule has 1 aromatic heterocycles. The van der Waals surface area contributed by atoms with Gasteiger partial charge >= 0.3 is 0 Å². The lowest BCUT2D eigenvalue weighted by Crippen LogP contribution is -2.08. The van der Waals surface area contributed by atoms with Gasteiger partial charge in [-0.2, -0.15) is 9.36 Å². The van der Waals surface area contributed by atoms with Gasteiger partial charge in [0, 0.05) is 23.5 Å². The first-order valence-electron chi connectivity index (χ1n) is 6.04. The Balaban J connectivity index is 2.25. The quantitative estimate of drug-likeness (QED) is 0.917. The fourth-order valence-electron chi connectivity index (χ4n) is 1.57.